The van der Waals surface area contributed by atoms with Crippen molar-refractivity contribution in [2.45, 2.75) is 62.5 Å². The number of Topliss-reactive ketones (excluding diaryl/α,β-unsaturated/α-hetero) is 1. The molecule has 0 aliphatic carbocycles. The van der Waals surface area contributed by atoms with Crippen LogP contribution in [0.2, 0.25) is 0 Å². The average Bonchev–Trinajstić information content (AvgIpc) is 2.97. The fourth-order valence-electron chi connectivity index (χ4n) is 5.50. The number of amides is 2. The number of hydrogen-bond donors (Lipinski definition) is 2. The normalized spacial score (nSPS) is 18.7. The maximum atomic E-state index is 13.6. The Morgan fingerprint density at radius 1 is 0.955 bits per heavy atom. The summed E-state index contributed by atoms with van der Waals surface area (Å²) < 4.78 is 38.5. The number of nitrogens with zero attached hydrogens (tertiary/aromatic N) is 2. The molecule has 2 aromatic carbocycles. The fourth-order valence-corrected chi connectivity index (χ4v) is 6.92. The highest BCUT2D eigenvalue weighted by Crippen LogP contribution is 2.28. The molecule has 4 rings (SSSR count). The van der Waals surface area contributed by atoms with Crippen LogP contribution in [0.15, 0.2) is 53.4 Å². The van der Waals surface area contributed by atoms with Crippen LogP contribution in [0.5, 0.6) is 0 Å². The Morgan fingerprint density at radius 3 is 2.02 bits per heavy atom. The highest BCUT2D eigenvalue weighted by molar-refractivity contribution is 7.89. The number of rotatable bonds is 10. The molecule has 2 aliphatic heterocycles. The van der Waals surface area contributed by atoms with Crippen molar-refractivity contribution in [2.75, 3.05) is 46.4 Å². The van der Waals surface area contributed by atoms with E-state index < -0.39 is 39.1 Å². The largest absolute Gasteiger partial charge is 0.444 e. The van der Waals surface area contributed by atoms with E-state index in [4.69, 9.17) is 15.2 Å². The molecule has 0 spiro atoms. The maximum Gasteiger partial charge on any atom is 0.408 e. The highest BCUT2D eigenvalue weighted by Gasteiger charge is 2.43. The number of carbonyl (C=O) groups excluding carboxylic acids is 3. The Bertz CT molecular complexity index is 1420. The molecular weight excluding hydrogens is 584 g/mol. The second kappa shape index (κ2) is 13.8. The zero-order chi connectivity index (χ0) is 32.1. The number of carbonyl (C=O) groups is 3. The van der Waals surface area contributed by atoms with Crippen LogP contribution in [0.25, 0.3) is 11.1 Å². The van der Waals surface area contributed by atoms with Gasteiger partial charge in [0.05, 0.1) is 4.90 Å². The maximum absolute atomic E-state index is 13.6. The van der Waals surface area contributed by atoms with Gasteiger partial charge in [0.25, 0.3) is 0 Å². The lowest BCUT2D eigenvalue weighted by atomic mass is 9.80. The summed E-state index contributed by atoms with van der Waals surface area (Å²) >= 11 is 0. The third kappa shape index (κ3) is 8.44. The molecule has 2 aromatic rings. The number of ether oxygens (including phenoxy) is 2. The van der Waals surface area contributed by atoms with Gasteiger partial charge in [0.1, 0.15) is 11.1 Å². The number of likely N-dealkylation sites (N-methyl/N-ethyl adjacent to an activating group) is 1. The Kier molecular flexibility index (Phi) is 10.5. The van der Waals surface area contributed by atoms with E-state index in [1.807, 2.05) is 31.3 Å². The van der Waals surface area contributed by atoms with Gasteiger partial charge >= 0.3 is 6.09 Å². The van der Waals surface area contributed by atoms with E-state index in [1.165, 1.54) is 4.31 Å². The Balaban J connectivity index is 1.42. The lowest BCUT2D eigenvalue weighted by molar-refractivity contribution is -0.133. The number of primary amides is 1. The van der Waals surface area contributed by atoms with E-state index in [0.29, 0.717) is 39.4 Å². The van der Waals surface area contributed by atoms with Gasteiger partial charge in [-0.15, -0.1) is 0 Å². The topological polar surface area (TPSA) is 148 Å². The van der Waals surface area contributed by atoms with Crippen molar-refractivity contribution < 1.29 is 32.3 Å². The molecule has 0 radical (unpaired) electrons. The lowest BCUT2D eigenvalue weighted by Crippen LogP contribution is -2.58. The first-order chi connectivity index (χ1) is 20.7. The van der Waals surface area contributed by atoms with Crippen molar-refractivity contribution in [3.8, 4) is 11.1 Å². The van der Waals surface area contributed by atoms with Gasteiger partial charge in [-0.3, -0.25) is 9.59 Å². The van der Waals surface area contributed by atoms with Gasteiger partial charge in [-0.25, -0.2) is 13.2 Å². The van der Waals surface area contributed by atoms with Crippen LogP contribution in [0.1, 0.15) is 45.6 Å². The summed E-state index contributed by atoms with van der Waals surface area (Å²) in [4.78, 5) is 41.0. The van der Waals surface area contributed by atoms with Gasteiger partial charge in [0, 0.05) is 64.6 Å². The minimum absolute atomic E-state index is 0.129. The molecule has 2 heterocycles. The zero-order valence-electron chi connectivity index (χ0n) is 26.0. The molecule has 1 atom stereocenters. The third-order valence-electron chi connectivity index (χ3n) is 8.18. The Hall–Kier alpha value is -3.32. The van der Waals surface area contributed by atoms with Crippen molar-refractivity contribution in [3.63, 3.8) is 0 Å². The molecule has 0 unspecified atom stereocenters. The first-order valence-corrected chi connectivity index (χ1v) is 16.4. The van der Waals surface area contributed by atoms with E-state index in [9.17, 15) is 22.8 Å². The lowest BCUT2D eigenvalue weighted by Gasteiger charge is -2.37. The van der Waals surface area contributed by atoms with Crippen LogP contribution in [-0.2, 0) is 35.5 Å². The third-order valence-corrected chi connectivity index (χ3v) is 10.1. The van der Waals surface area contributed by atoms with E-state index in [-0.39, 0.29) is 36.4 Å². The van der Waals surface area contributed by atoms with E-state index >= 15 is 0 Å². The molecule has 0 bridgehead atoms. The Morgan fingerprint density at radius 2 is 1.50 bits per heavy atom. The Labute approximate surface area is 260 Å². The zero-order valence-corrected chi connectivity index (χ0v) is 26.8. The van der Waals surface area contributed by atoms with Crippen molar-refractivity contribution in [1.82, 2.24) is 14.5 Å². The van der Waals surface area contributed by atoms with Crippen LogP contribution < -0.4 is 11.1 Å². The van der Waals surface area contributed by atoms with Gasteiger partial charge in [0.15, 0.2) is 5.78 Å². The minimum atomic E-state index is -3.55. The quantitative estimate of drug-likeness (QED) is 0.408. The van der Waals surface area contributed by atoms with Crippen molar-refractivity contribution >= 4 is 27.8 Å². The molecule has 2 fully saturated rings. The van der Waals surface area contributed by atoms with E-state index in [2.05, 4.69) is 10.2 Å². The standard InChI is InChI=1S/C32H44N4O7S/c1-31(2,3)43-30(39)34-32(13-19-42-20-14-32)28(37)22-26(29(33)38)21-23-5-7-24(8-6-23)25-9-11-27(12-10-25)44(40,41)36-17-15-35(4)16-18-36/h5-12,26H,13-22H2,1-4H3,(H2,33,38)(H,34,39)/t26-/m1/s1. The molecule has 2 amide bonds. The SMILES string of the molecule is CN1CCN(S(=O)(=O)c2ccc(-c3ccc(C[C@H](CC(=O)C4(NC(=O)OC(C)(C)C)CCOCC4)C(N)=O)cc3)cc2)CC1. The van der Waals surface area contributed by atoms with Crippen LogP contribution in [0.3, 0.4) is 0 Å². The number of alkyl carbamates (subject to hydrolysis) is 1. The van der Waals surface area contributed by atoms with Gasteiger partial charge in [0.2, 0.25) is 15.9 Å². The van der Waals surface area contributed by atoms with Gasteiger partial charge in [-0.05, 0) is 63.1 Å². The summed E-state index contributed by atoms with van der Waals surface area (Å²) in [5, 5.41) is 2.77. The number of hydrogen-bond acceptors (Lipinski definition) is 8. The van der Waals surface area contributed by atoms with E-state index in [1.54, 1.807) is 45.0 Å². The summed E-state index contributed by atoms with van der Waals surface area (Å²) in [5.41, 5.74) is 6.37. The summed E-state index contributed by atoms with van der Waals surface area (Å²) in [6.07, 6.45) is -0.0101. The number of sulfonamides is 1. The number of benzene rings is 2. The molecule has 12 heteroatoms. The molecule has 44 heavy (non-hydrogen) atoms. The first kappa shape index (κ1) is 33.6. The van der Waals surface area contributed by atoms with Gasteiger partial charge < -0.3 is 25.4 Å². The minimum Gasteiger partial charge on any atom is -0.444 e. The molecule has 2 aliphatic rings. The average molecular weight is 629 g/mol. The van der Waals surface area contributed by atoms with Crippen molar-refractivity contribution in [1.29, 1.82) is 0 Å². The second-order valence-electron chi connectivity index (χ2n) is 12.7. The predicted octanol–water partition coefficient (Wildman–Crippen LogP) is 2.97. The van der Waals surface area contributed by atoms with Crippen LogP contribution in [-0.4, -0.2) is 93.0 Å². The molecule has 0 saturated carbocycles. The van der Waals surface area contributed by atoms with Crippen molar-refractivity contribution in [3.05, 3.63) is 54.1 Å². The molecule has 3 N–H and O–H groups in total. The van der Waals surface area contributed by atoms with Crippen LogP contribution in [0, 0.1) is 5.92 Å². The molecular formula is C32H44N4O7S. The predicted molar refractivity (Wildman–Crippen MR) is 166 cm³/mol. The highest BCUT2D eigenvalue weighted by atomic mass is 32.2. The molecule has 0 aromatic heterocycles. The van der Waals surface area contributed by atoms with Crippen LogP contribution >= 0.6 is 0 Å². The summed E-state index contributed by atoms with van der Waals surface area (Å²) in [6, 6.07) is 14.3. The monoisotopic (exact) mass is 628 g/mol. The smallest absolute Gasteiger partial charge is 0.408 e. The number of ketones is 1. The molecule has 11 nitrogen and oxygen atoms in total. The molecule has 2 saturated heterocycles. The number of nitrogens with two attached hydrogens (primary N) is 1. The van der Waals surface area contributed by atoms with Crippen molar-refractivity contribution in [2.24, 2.45) is 11.7 Å². The first-order valence-electron chi connectivity index (χ1n) is 15.0. The molecule has 240 valence electrons. The summed E-state index contributed by atoms with van der Waals surface area (Å²) in [5.74, 6) is -1.65. The van der Waals surface area contributed by atoms with Gasteiger partial charge in [-0.2, -0.15) is 4.31 Å². The number of piperazine rings is 1. The van der Waals surface area contributed by atoms with Gasteiger partial charge in [-0.1, -0.05) is 36.4 Å². The second-order valence-corrected chi connectivity index (χ2v) is 14.6. The summed E-state index contributed by atoms with van der Waals surface area (Å²) in [7, 11) is -1.57. The summed E-state index contributed by atoms with van der Waals surface area (Å²) in [6.45, 7) is 8.17. The van der Waals surface area contributed by atoms with Crippen LogP contribution in [0.4, 0.5) is 4.79 Å². The fraction of sp³-hybridized carbons (Fsp3) is 0.531. The number of nitrogens with one attached hydrogen (secondary N) is 1. The van der Waals surface area contributed by atoms with E-state index in [0.717, 1.165) is 16.7 Å².